The number of nitro groups is 1. The number of non-ortho nitro benzene ring substituents is 1. The van der Waals surface area contributed by atoms with Crippen LogP contribution in [-0.2, 0) is 6.61 Å². The molecule has 7 nitrogen and oxygen atoms in total. The number of nitrogens with one attached hydrogen (secondary N) is 1. The minimum Gasteiger partial charge on any atom is -0.489 e. The molecular formula is C25H20N2O5. The Hall–Kier alpha value is -4.39. The molecule has 0 aliphatic rings. The predicted molar refractivity (Wildman–Crippen MR) is 121 cm³/mol. The second-order valence-corrected chi connectivity index (χ2v) is 7.32. The van der Waals surface area contributed by atoms with Gasteiger partial charge >= 0.3 is 5.97 Å². The van der Waals surface area contributed by atoms with Crippen molar-refractivity contribution in [3.63, 3.8) is 0 Å². The Morgan fingerprint density at radius 3 is 2.44 bits per heavy atom. The summed E-state index contributed by atoms with van der Waals surface area (Å²) < 4.78 is 5.98. The molecule has 4 rings (SSSR count). The first kappa shape index (κ1) is 20.9. The lowest BCUT2D eigenvalue weighted by Gasteiger charge is -2.13. The average molecular weight is 428 g/mol. The van der Waals surface area contributed by atoms with Gasteiger partial charge in [-0.15, -0.1) is 0 Å². The zero-order valence-electron chi connectivity index (χ0n) is 17.2. The number of aromatic amines is 1. The second kappa shape index (κ2) is 8.77. The van der Waals surface area contributed by atoms with Crippen molar-refractivity contribution in [3.8, 4) is 28.1 Å². The lowest BCUT2D eigenvalue weighted by atomic mass is 10.0. The van der Waals surface area contributed by atoms with Crippen molar-refractivity contribution in [3.05, 3.63) is 106 Å². The van der Waals surface area contributed by atoms with Crippen molar-refractivity contribution in [2.75, 3.05) is 0 Å². The number of carboxylic acid groups (broad SMARTS) is 1. The molecule has 0 radical (unpaired) electrons. The maximum atomic E-state index is 11.2. The summed E-state index contributed by atoms with van der Waals surface area (Å²) in [7, 11) is 0. The van der Waals surface area contributed by atoms with E-state index in [1.54, 1.807) is 12.1 Å². The molecule has 0 spiro atoms. The highest BCUT2D eigenvalue weighted by atomic mass is 16.6. The van der Waals surface area contributed by atoms with E-state index in [0.29, 0.717) is 22.6 Å². The lowest BCUT2D eigenvalue weighted by Crippen LogP contribution is -2.01. The molecule has 160 valence electrons. The van der Waals surface area contributed by atoms with Crippen molar-refractivity contribution >= 4 is 11.7 Å². The highest BCUT2D eigenvalue weighted by Gasteiger charge is 2.16. The van der Waals surface area contributed by atoms with Crippen LogP contribution in [-0.4, -0.2) is 21.0 Å². The van der Waals surface area contributed by atoms with E-state index in [2.05, 4.69) is 4.98 Å². The van der Waals surface area contributed by atoms with Crippen LogP contribution in [0, 0.1) is 17.0 Å². The van der Waals surface area contributed by atoms with Gasteiger partial charge in [0.25, 0.3) is 5.69 Å². The number of nitrogens with zero attached hydrogens (tertiary/aromatic N) is 1. The van der Waals surface area contributed by atoms with E-state index in [-0.39, 0.29) is 18.0 Å². The predicted octanol–water partition coefficient (Wildman–Crippen LogP) is 5.84. The summed E-state index contributed by atoms with van der Waals surface area (Å²) in [6, 6.07) is 23.4. The highest BCUT2D eigenvalue weighted by molar-refractivity contribution is 5.87. The number of nitro benzene ring substituents is 1. The van der Waals surface area contributed by atoms with Gasteiger partial charge in [0, 0.05) is 23.4 Å². The van der Waals surface area contributed by atoms with Crippen LogP contribution in [0.3, 0.4) is 0 Å². The molecule has 0 amide bonds. The van der Waals surface area contributed by atoms with Crippen LogP contribution in [0.5, 0.6) is 5.75 Å². The minimum absolute atomic E-state index is 0.00509. The van der Waals surface area contributed by atoms with Gasteiger partial charge in [0.05, 0.1) is 4.92 Å². The third kappa shape index (κ3) is 4.37. The van der Waals surface area contributed by atoms with Gasteiger partial charge in [-0.05, 0) is 59.5 Å². The van der Waals surface area contributed by atoms with E-state index >= 15 is 0 Å². The molecule has 1 heterocycles. The van der Waals surface area contributed by atoms with Crippen molar-refractivity contribution in [2.24, 2.45) is 0 Å². The van der Waals surface area contributed by atoms with Crippen molar-refractivity contribution in [1.82, 2.24) is 4.98 Å². The zero-order chi connectivity index (χ0) is 22.7. The van der Waals surface area contributed by atoms with Gasteiger partial charge in [-0.2, -0.15) is 0 Å². The Morgan fingerprint density at radius 1 is 1.00 bits per heavy atom. The second-order valence-electron chi connectivity index (χ2n) is 7.32. The minimum atomic E-state index is -1.10. The molecule has 7 heteroatoms. The van der Waals surface area contributed by atoms with Crippen molar-refractivity contribution in [2.45, 2.75) is 13.5 Å². The maximum Gasteiger partial charge on any atom is 0.352 e. The monoisotopic (exact) mass is 428 g/mol. The van der Waals surface area contributed by atoms with Crippen LogP contribution in [0.1, 0.15) is 21.6 Å². The Balaban J connectivity index is 1.61. The molecule has 0 unspecified atom stereocenters. The molecular weight excluding hydrogens is 408 g/mol. The van der Waals surface area contributed by atoms with Crippen LogP contribution in [0.25, 0.3) is 22.4 Å². The summed E-state index contributed by atoms with van der Waals surface area (Å²) in [6.07, 6.45) is 0. The molecule has 0 aliphatic heterocycles. The summed E-state index contributed by atoms with van der Waals surface area (Å²) in [4.78, 5) is 24.8. The fourth-order valence-corrected chi connectivity index (χ4v) is 3.56. The number of aryl methyl sites for hydroxylation is 1. The Kier molecular flexibility index (Phi) is 5.72. The first-order valence-corrected chi connectivity index (χ1v) is 9.91. The van der Waals surface area contributed by atoms with Gasteiger partial charge in [0.1, 0.15) is 18.1 Å². The Morgan fingerprint density at radius 2 is 1.78 bits per heavy atom. The number of aromatic nitrogens is 1. The largest absolute Gasteiger partial charge is 0.489 e. The van der Waals surface area contributed by atoms with Gasteiger partial charge in [-0.3, -0.25) is 10.1 Å². The van der Waals surface area contributed by atoms with Crippen LogP contribution in [0.4, 0.5) is 5.69 Å². The number of aromatic carboxylic acids is 1. The van der Waals surface area contributed by atoms with Crippen LogP contribution in [0.2, 0.25) is 0 Å². The Bertz CT molecular complexity index is 1290. The summed E-state index contributed by atoms with van der Waals surface area (Å²) >= 11 is 0. The zero-order valence-corrected chi connectivity index (χ0v) is 17.2. The molecule has 0 atom stereocenters. The molecule has 0 saturated carbocycles. The third-order valence-electron chi connectivity index (χ3n) is 5.19. The normalized spacial score (nSPS) is 10.7. The molecule has 3 aromatic carbocycles. The maximum absolute atomic E-state index is 11.2. The standard InChI is InChI=1S/C25H20N2O5/c1-16-13-20(9-10-21(16)17-5-3-2-4-6-17)32-15-18-7-8-19(27(30)31)14-22(18)23-11-12-24(26-23)25(28)29/h2-14,26H,15H2,1H3,(H,28,29). The van der Waals surface area contributed by atoms with E-state index in [1.165, 1.54) is 18.2 Å². The Labute approximate surface area is 184 Å². The van der Waals surface area contributed by atoms with E-state index in [0.717, 1.165) is 16.7 Å². The number of H-pyrrole nitrogens is 1. The number of rotatable bonds is 7. The van der Waals surface area contributed by atoms with Gasteiger partial charge in [-0.1, -0.05) is 36.4 Å². The molecule has 32 heavy (non-hydrogen) atoms. The summed E-state index contributed by atoms with van der Waals surface area (Å²) in [6.45, 7) is 2.18. The van der Waals surface area contributed by atoms with E-state index in [9.17, 15) is 20.0 Å². The van der Waals surface area contributed by atoms with Crippen molar-refractivity contribution in [1.29, 1.82) is 0 Å². The van der Waals surface area contributed by atoms with E-state index in [1.807, 2.05) is 55.5 Å². The fraction of sp³-hybridized carbons (Fsp3) is 0.0800. The number of carbonyl (C=O) groups is 1. The lowest BCUT2D eigenvalue weighted by molar-refractivity contribution is -0.384. The van der Waals surface area contributed by atoms with E-state index < -0.39 is 10.9 Å². The summed E-state index contributed by atoms with van der Waals surface area (Å²) in [5.41, 5.74) is 4.90. The highest BCUT2D eigenvalue weighted by Crippen LogP contribution is 2.30. The fourth-order valence-electron chi connectivity index (χ4n) is 3.56. The first-order chi connectivity index (χ1) is 15.4. The van der Waals surface area contributed by atoms with Crippen LogP contribution >= 0.6 is 0 Å². The molecule has 1 aromatic heterocycles. The SMILES string of the molecule is Cc1cc(OCc2ccc([N+](=O)[O-])cc2-c2ccc(C(=O)O)[nH]2)ccc1-c1ccccc1. The van der Waals surface area contributed by atoms with E-state index in [4.69, 9.17) is 4.74 Å². The smallest absolute Gasteiger partial charge is 0.352 e. The van der Waals surface area contributed by atoms with Gasteiger partial charge in [0.15, 0.2) is 0 Å². The molecule has 0 saturated heterocycles. The van der Waals surface area contributed by atoms with Crippen LogP contribution < -0.4 is 4.74 Å². The summed E-state index contributed by atoms with van der Waals surface area (Å²) in [5, 5.41) is 20.4. The first-order valence-electron chi connectivity index (χ1n) is 9.91. The molecule has 2 N–H and O–H groups in total. The van der Waals surface area contributed by atoms with Gasteiger partial charge in [-0.25, -0.2) is 4.79 Å². The number of ether oxygens (including phenoxy) is 1. The van der Waals surface area contributed by atoms with Crippen molar-refractivity contribution < 1.29 is 19.6 Å². The molecule has 0 aliphatic carbocycles. The number of carboxylic acids is 1. The molecule has 0 bridgehead atoms. The molecule has 4 aromatic rings. The number of hydrogen-bond acceptors (Lipinski definition) is 4. The van der Waals surface area contributed by atoms with Crippen LogP contribution in [0.15, 0.2) is 78.9 Å². The van der Waals surface area contributed by atoms with Gasteiger partial charge in [0.2, 0.25) is 0 Å². The summed E-state index contributed by atoms with van der Waals surface area (Å²) in [5.74, 6) is -0.433. The van der Waals surface area contributed by atoms with Gasteiger partial charge < -0.3 is 14.8 Å². The molecule has 0 fully saturated rings. The number of hydrogen-bond donors (Lipinski definition) is 2. The number of benzene rings is 3. The average Bonchev–Trinajstić information content (AvgIpc) is 3.29. The quantitative estimate of drug-likeness (QED) is 0.284. The topological polar surface area (TPSA) is 105 Å². The third-order valence-corrected chi connectivity index (χ3v) is 5.19.